The van der Waals surface area contributed by atoms with Crippen molar-refractivity contribution in [2.45, 2.75) is 12.7 Å². The molecule has 1 amide bonds. The minimum absolute atomic E-state index is 0.0199. The van der Waals surface area contributed by atoms with Gasteiger partial charge in [0.1, 0.15) is 24.2 Å². The average molecular weight is 327 g/mol. The summed E-state index contributed by atoms with van der Waals surface area (Å²) in [5.74, 6) is 0.843. The van der Waals surface area contributed by atoms with Crippen LogP contribution in [0.3, 0.4) is 0 Å². The van der Waals surface area contributed by atoms with E-state index < -0.39 is 12.0 Å². The predicted octanol–water partition coefficient (Wildman–Crippen LogP) is 2.92. The molecule has 0 radical (unpaired) electrons. The minimum atomic E-state index is -0.914. The molecule has 0 aliphatic heterocycles. The number of para-hydroxylation sites is 1. The van der Waals surface area contributed by atoms with Gasteiger partial charge >= 0.3 is 0 Å². The molecule has 24 heavy (non-hydrogen) atoms. The first-order valence-corrected chi connectivity index (χ1v) is 7.48. The third-order valence-electron chi connectivity index (χ3n) is 3.42. The van der Waals surface area contributed by atoms with Gasteiger partial charge in [-0.1, -0.05) is 18.2 Å². The number of aliphatic hydroxyl groups is 1. The molecule has 0 saturated heterocycles. The maximum absolute atomic E-state index is 12.2. The lowest BCUT2D eigenvalue weighted by molar-refractivity contribution is 0.0871. The highest BCUT2D eigenvalue weighted by Gasteiger charge is 2.18. The van der Waals surface area contributed by atoms with Gasteiger partial charge < -0.3 is 24.0 Å². The van der Waals surface area contributed by atoms with Crippen LogP contribution in [0.2, 0.25) is 0 Å². The fourth-order valence-electron chi connectivity index (χ4n) is 2.18. The van der Waals surface area contributed by atoms with Crippen molar-refractivity contribution in [1.82, 2.24) is 5.32 Å². The Morgan fingerprint density at radius 1 is 1.08 bits per heavy atom. The third kappa shape index (κ3) is 3.85. The maximum atomic E-state index is 12.2. The molecule has 0 fully saturated rings. The van der Waals surface area contributed by atoms with E-state index in [1.54, 1.807) is 18.2 Å². The van der Waals surface area contributed by atoms with E-state index in [-0.39, 0.29) is 18.9 Å². The van der Waals surface area contributed by atoms with Crippen LogP contribution in [0.1, 0.15) is 28.0 Å². The van der Waals surface area contributed by atoms with E-state index in [0.717, 1.165) is 0 Å². The van der Waals surface area contributed by atoms with Crippen molar-refractivity contribution in [3.8, 4) is 5.75 Å². The van der Waals surface area contributed by atoms with Crippen molar-refractivity contribution in [3.63, 3.8) is 0 Å². The van der Waals surface area contributed by atoms with Crippen LogP contribution in [-0.2, 0) is 6.61 Å². The second kappa shape index (κ2) is 7.52. The van der Waals surface area contributed by atoms with E-state index in [1.165, 1.54) is 12.5 Å². The monoisotopic (exact) mass is 327 g/mol. The van der Waals surface area contributed by atoms with E-state index >= 15 is 0 Å². The quantitative estimate of drug-likeness (QED) is 0.697. The number of ether oxygens (including phenoxy) is 1. The molecule has 0 saturated carbocycles. The number of amides is 1. The van der Waals surface area contributed by atoms with Gasteiger partial charge in [-0.2, -0.15) is 0 Å². The average Bonchev–Trinajstić information content (AvgIpc) is 3.30. The summed E-state index contributed by atoms with van der Waals surface area (Å²) in [5.41, 5.74) is 0.629. The fraction of sp³-hybridized carbons (Fsp3) is 0.167. The Morgan fingerprint density at radius 2 is 1.92 bits per heavy atom. The van der Waals surface area contributed by atoms with Crippen LogP contribution >= 0.6 is 0 Å². The van der Waals surface area contributed by atoms with Crippen LogP contribution < -0.4 is 10.1 Å². The van der Waals surface area contributed by atoms with E-state index in [2.05, 4.69) is 5.32 Å². The number of furan rings is 2. The first-order chi connectivity index (χ1) is 11.7. The van der Waals surface area contributed by atoms with Crippen LogP contribution in [0.15, 0.2) is 69.9 Å². The lowest BCUT2D eigenvalue weighted by Crippen LogP contribution is -2.28. The molecular formula is C18H17NO5. The SMILES string of the molecule is O=C(NCC(O)c1ccco1)c1occc1COc1ccccc1. The van der Waals surface area contributed by atoms with Gasteiger partial charge in [0, 0.05) is 5.56 Å². The van der Waals surface area contributed by atoms with E-state index in [4.69, 9.17) is 13.6 Å². The minimum Gasteiger partial charge on any atom is -0.489 e. The molecule has 1 atom stereocenters. The van der Waals surface area contributed by atoms with Crippen LogP contribution in [-0.4, -0.2) is 17.6 Å². The summed E-state index contributed by atoms with van der Waals surface area (Å²) < 4.78 is 15.9. The van der Waals surface area contributed by atoms with Crippen molar-refractivity contribution < 1.29 is 23.5 Å². The first kappa shape index (κ1) is 15.9. The molecule has 0 aliphatic rings. The second-order valence-corrected chi connectivity index (χ2v) is 5.12. The van der Waals surface area contributed by atoms with Crippen LogP contribution in [0.5, 0.6) is 5.75 Å². The predicted molar refractivity (Wildman–Crippen MR) is 85.5 cm³/mol. The number of carbonyl (C=O) groups is 1. The molecule has 2 heterocycles. The maximum Gasteiger partial charge on any atom is 0.287 e. The number of hydrogen-bond donors (Lipinski definition) is 2. The van der Waals surface area contributed by atoms with Gasteiger partial charge in [-0.25, -0.2) is 0 Å². The fourth-order valence-corrected chi connectivity index (χ4v) is 2.18. The molecule has 3 rings (SSSR count). The Balaban J connectivity index is 1.56. The molecular weight excluding hydrogens is 310 g/mol. The Kier molecular flexibility index (Phi) is 4.98. The molecule has 2 aromatic heterocycles. The second-order valence-electron chi connectivity index (χ2n) is 5.12. The van der Waals surface area contributed by atoms with Gasteiger partial charge in [0.05, 0.1) is 19.1 Å². The molecule has 0 aliphatic carbocycles. The zero-order valence-electron chi connectivity index (χ0n) is 12.8. The highest BCUT2D eigenvalue weighted by atomic mass is 16.5. The molecule has 124 valence electrons. The highest BCUT2D eigenvalue weighted by molar-refractivity contribution is 5.92. The summed E-state index contributed by atoms with van der Waals surface area (Å²) in [5, 5.41) is 12.5. The summed E-state index contributed by atoms with van der Waals surface area (Å²) in [6.45, 7) is 0.232. The number of rotatable bonds is 7. The zero-order valence-corrected chi connectivity index (χ0v) is 12.8. The molecule has 6 nitrogen and oxygen atoms in total. The van der Waals surface area contributed by atoms with Crippen LogP contribution in [0, 0.1) is 0 Å². The van der Waals surface area contributed by atoms with Crippen LogP contribution in [0.4, 0.5) is 0 Å². The molecule has 1 aromatic carbocycles. The standard InChI is InChI=1S/C18H17NO5/c20-15(16-7-4-9-22-16)11-19-18(21)17-13(8-10-23-17)12-24-14-5-2-1-3-6-14/h1-10,15,20H,11-12H2,(H,19,21). The van der Waals surface area contributed by atoms with Crippen molar-refractivity contribution in [2.75, 3.05) is 6.54 Å². The van der Waals surface area contributed by atoms with E-state index in [0.29, 0.717) is 17.1 Å². The number of nitrogens with one attached hydrogen (secondary N) is 1. The van der Waals surface area contributed by atoms with E-state index in [9.17, 15) is 9.90 Å². The summed E-state index contributed by atoms with van der Waals surface area (Å²) in [6, 6.07) is 14.3. The number of hydrogen-bond acceptors (Lipinski definition) is 5. The van der Waals surface area contributed by atoms with Crippen molar-refractivity contribution >= 4 is 5.91 Å². The summed E-state index contributed by atoms with van der Waals surface area (Å²) >= 11 is 0. The summed E-state index contributed by atoms with van der Waals surface area (Å²) in [4.78, 5) is 12.2. The van der Waals surface area contributed by atoms with E-state index in [1.807, 2.05) is 30.3 Å². The molecule has 3 aromatic rings. The van der Waals surface area contributed by atoms with Gasteiger partial charge in [-0.3, -0.25) is 4.79 Å². The highest BCUT2D eigenvalue weighted by Crippen LogP contribution is 2.16. The Morgan fingerprint density at radius 3 is 2.67 bits per heavy atom. The topological polar surface area (TPSA) is 84.8 Å². The van der Waals surface area contributed by atoms with Gasteiger partial charge in [0.2, 0.25) is 0 Å². The molecule has 0 bridgehead atoms. The van der Waals surface area contributed by atoms with Crippen LogP contribution in [0.25, 0.3) is 0 Å². The largest absolute Gasteiger partial charge is 0.489 e. The normalized spacial score (nSPS) is 11.9. The molecule has 1 unspecified atom stereocenters. The molecule has 6 heteroatoms. The Hall–Kier alpha value is -2.99. The van der Waals surface area contributed by atoms with Crippen molar-refractivity contribution in [2.24, 2.45) is 0 Å². The summed E-state index contributed by atoms with van der Waals surface area (Å²) in [6.07, 6.45) is 1.98. The Labute approximate surface area is 138 Å². The number of aliphatic hydroxyl groups excluding tert-OH is 1. The Bertz CT molecular complexity index is 764. The van der Waals surface area contributed by atoms with Gasteiger partial charge in [0.25, 0.3) is 5.91 Å². The number of carbonyl (C=O) groups excluding carboxylic acids is 1. The van der Waals surface area contributed by atoms with Crippen molar-refractivity contribution in [3.05, 3.63) is 78.1 Å². The van der Waals surface area contributed by atoms with Gasteiger partial charge in [-0.05, 0) is 30.3 Å². The first-order valence-electron chi connectivity index (χ1n) is 7.48. The molecule has 0 spiro atoms. The third-order valence-corrected chi connectivity index (χ3v) is 3.42. The van der Waals surface area contributed by atoms with Gasteiger partial charge in [-0.15, -0.1) is 0 Å². The molecule has 2 N–H and O–H groups in total. The summed E-state index contributed by atoms with van der Waals surface area (Å²) in [7, 11) is 0. The van der Waals surface area contributed by atoms with Gasteiger partial charge in [0.15, 0.2) is 5.76 Å². The smallest absolute Gasteiger partial charge is 0.287 e. The zero-order chi connectivity index (χ0) is 16.8. The lowest BCUT2D eigenvalue weighted by atomic mass is 10.2. The number of benzene rings is 1. The van der Waals surface area contributed by atoms with Crippen molar-refractivity contribution in [1.29, 1.82) is 0 Å². The lowest BCUT2D eigenvalue weighted by Gasteiger charge is -2.10.